The lowest BCUT2D eigenvalue weighted by Gasteiger charge is -2.10. The fourth-order valence-corrected chi connectivity index (χ4v) is 2.62. The van der Waals surface area contributed by atoms with Crippen LogP contribution >= 0.6 is 0 Å². The van der Waals surface area contributed by atoms with E-state index < -0.39 is 15.5 Å². The molecule has 0 aliphatic rings. The summed E-state index contributed by atoms with van der Waals surface area (Å²) in [7, 11) is 0. The fourth-order valence-electron chi connectivity index (χ4n) is 2.62. The van der Waals surface area contributed by atoms with Crippen LogP contribution < -0.4 is 10.1 Å². The Morgan fingerprint density at radius 2 is 1.64 bits per heavy atom. The third-order valence-corrected chi connectivity index (χ3v) is 4.13. The topological polar surface area (TPSA) is 108 Å². The van der Waals surface area contributed by atoms with Crippen molar-refractivity contribution in [3.8, 4) is 11.5 Å². The number of benzene rings is 3. The molecular formula is C20H17N3O5. The quantitative estimate of drug-likeness (QED) is 0.446. The van der Waals surface area contributed by atoms with Gasteiger partial charge in [0, 0.05) is 18.3 Å². The van der Waals surface area contributed by atoms with Crippen LogP contribution in [0.5, 0.6) is 11.5 Å². The molecule has 0 amide bonds. The molecule has 0 aliphatic heterocycles. The average molecular weight is 379 g/mol. The number of para-hydroxylation sites is 1. The Hall–Kier alpha value is -3.94. The number of aryl methyl sites for hydroxylation is 1. The van der Waals surface area contributed by atoms with E-state index in [0.717, 1.165) is 22.9 Å². The van der Waals surface area contributed by atoms with Gasteiger partial charge in [0.05, 0.1) is 15.9 Å². The number of nitro benzene ring substituents is 2. The highest BCUT2D eigenvalue weighted by Crippen LogP contribution is 2.34. The summed E-state index contributed by atoms with van der Waals surface area (Å²) in [5.41, 5.74) is 2.38. The lowest BCUT2D eigenvalue weighted by molar-refractivity contribution is -0.394. The highest BCUT2D eigenvalue weighted by atomic mass is 16.6. The number of hydrogen-bond acceptors (Lipinski definition) is 6. The molecule has 0 saturated carbocycles. The van der Waals surface area contributed by atoms with Crippen LogP contribution in [0.2, 0.25) is 0 Å². The van der Waals surface area contributed by atoms with Crippen molar-refractivity contribution in [1.29, 1.82) is 0 Å². The van der Waals surface area contributed by atoms with E-state index in [4.69, 9.17) is 4.74 Å². The molecule has 0 saturated heterocycles. The molecule has 0 atom stereocenters. The van der Waals surface area contributed by atoms with E-state index in [2.05, 4.69) is 5.32 Å². The van der Waals surface area contributed by atoms with Crippen molar-refractivity contribution in [1.82, 2.24) is 0 Å². The molecule has 0 radical (unpaired) electrons. The van der Waals surface area contributed by atoms with Crippen LogP contribution in [0.15, 0.2) is 66.7 Å². The van der Waals surface area contributed by atoms with Crippen molar-refractivity contribution in [2.75, 3.05) is 5.32 Å². The van der Waals surface area contributed by atoms with Crippen LogP contribution in [0, 0.1) is 27.2 Å². The van der Waals surface area contributed by atoms with Crippen molar-refractivity contribution in [2.24, 2.45) is 0 Å². The molecule has 0 aromatic heterocycles. The Bertz CT molecular complexity index is 1020. The molecule has 0 fully saturated rings. The summed E-state index contributed by atoms with van der Waals surface area (Å²) >= 11 is 0. The summed E-state index contributed by atoms with van der Waals surface area (Å²) in [5, 5.41) is 25.3. The number of non-ortho nitro benzene ring substituents is 1. The molecule has 0 aliphatic carbocycles. The molecule has 0 spiro atoms. The molecular weight excluding hydrogens is 362 g/mol. The minimum absolute atomic E-state index is 0.0543. The first-order chi connectivity index (χ1) is 13.4. The van der Waals surface area contributed by atoms with E-state index >= 15 is 0 Å². The van der Waals surface area contributed by atoms with Crippen molar-refractivity contribution < 1.29 is 14.6 Å². The maximum atomic E-state index is 11.2. The Morgan fingerprint density at radius 1 is 0.929 bits per heavy atom. The second-order valence-electron chi connectivity index (χ2n) is 6.08. The van der Waals surface area contributed by atoms with Crippen LogP contribution in [0.3, 0.4) is 0 Å². The number of hydrogen-bond donors (Lipinski definition) is 1. The van der Waals surface area contributed by atoms with Gasteiger partial charge in [0.1, 0.15) is 5.75 Å². The van der Waals surface area contributed by atoms with Gasteiger partial charge in [-0.15, -0.1) is 0 Å². The first-order valence-electron chi connectivity index (χ1n) is 8.43. The zero-order chi connectivity index (χ0) is 20.1. The van der Waals surface area contributed by atoms with Gasteiger partial charge in [-0.3, -0.25) is 20.2 Å². The Kier molecular flexibility index (Phi) is 5.50. The van der Waals surface area contributed by atoms with Gasteiger partial charge < -0.3 is 10.1 Å². The third kappa shape index (κ3) is 4.42. The Labute approximate surface area is 160 Å². The number of nitro groups is 2. The normalized spacial score (nSPS) is 10.3. The number of anilines is 1. The largest absolute Gasteiger partial charge is 0.450 e. The second kappa shape index (κ2) is 8.17. The smallest absolute Gasteiger partial charge is 0.318 e. The van der Waals surface area contributed by atoms with Crippen molar-refractivity contribution in [3.63, 3.8) is 0 Å². The van der Waals surface area contributed by atoms with Crippen molar-refractivity contribution >= 4 is 17.1 Å². The molecule has 142 valence electrons. The fraction of sp³-hybridized carbons (Fsp3) is 0.100. The number of nitrogens with one attached hydrogen (secondary N) is 1. The van der Waals surface area contributed by atoms with E-state index in [1.165, 1.54) is 12.1 Å². The summed E-state index contributed by atoms with van der Waals surface area (Å²) in [5.74, 6) is 0.345. The molecule has 3 aromatic carbocycles. The van der Waals surface area contributed by atoms with Gasteiger partial charge in [-0.1, -0.05) is 30.3 Å². The maximum absolute atomic E-state index is 11.2. The predicted molar refractivity (Wildman–Crippen MR) is 105 cm³/mol. The van der Waals surface area contributed by atoms with Crippen LogP contribution in [-0.4, -0.2) is 9.85 Å². The second-order valence-corrected chi connectivity index (χ2v) is 6.08. The van der Waals surface area contributed by atoms with Crippen molar-refractivity contribution in [2.45, 2.75) is 13.5 Å². The van der Waals surface area contributed by atoms with E-state index in [0.29, 0.717) is 12.3 Å². The van der Waals surface area contributed by atoms with Crippen LogP contribution in [-0.2, 0) is 6.54 Å². The minimum Gasteiger partial charge on any atom is -0.450 e. The predicted octanol–water partition coefficient (Wildman–Crippen LogP) is 5.22. The van der Waals surface area contributed by atoms with Crippen LogP contribution in [0.25, 0.3) is 0 Å². The standard InChI is InChI=1S/C20H17N3O5/c1-14-4-2-3-5-18(14)21-13-15-6-9-17(10-7-15)28-20-11-8-16(22(24)25)12-19(20)23(26)27/h2-12,21H,13H2,1H3. The molecule has 3 aromatic rings. The molecule has 3 rings (SSSR count). The van der Waals surface area contributed by atoms with Crippen LogP contribution in [0.1, 0.15) is 11.1 Å². The first-order valence-corrected chi connectivity index (χ1v) is 8.43. The van der Waals surface area contributed by atoms with Gasteiger partial charge in [0.15, 0.2) is 0 Å². The SMILES string of the molecule is Cc1ccccc1NCc1ccc(Oc2ccc([N+](=O)[O-])cc2[N+](=O)[O-])cc1. The lowest BCUT2D eigenvalue weighted by atomic mass is 10.1. The summed E-state index contributed by atoms with van der Waals surface area (Å²) < 4.78 is 5.56. The monoisotopic (exact) mass is 379 g/mol. The summed E-state index contributed by atoms with van der Waals surface area (Å²) in [6.45, 7) is 2.64. The van der Waals surface area contributed by atoms with Crippen molar-refractivity contribution in [3.05, 3.63) is 98.1 Å². The molecule has 0 unspecified atom stereocenters. The summed E-state index contributed by atoms with van der Waals surface area (Å²) in [4.78, 5) is 20.6. The van der Waals surface area contributed by atoms with E-state index in [1.807, 2.05) is 43.3 Å². The van der Waals surface area contributed by atoms with Gasteiger partial charge in [0.25, 0.3) is 5.69 Å². The summed E-state index contributed by atoms with van der Waals surface area (Å²) in [6.07, 6.45) is 0. The highest BCUT2D eigenvalue weighted by molar-refractivity contribution is 5.55. The van der Waals surface area contributed by atoms with Gasteiger partial charge in [0.2, 0.25) is 5.75 Å². The van der Waals surface area contributed by atoms with E-state index in [1.54, 1.807) is 12.1 Å². The van der Waals surface area contributed by atoms with Gasteiger partial charge in [-0.25, -0.2) is 0 Å². The average Bonchev–Trinajstić information content (AvgIpc) is 2.68. The molecule has 0 bridgehead atoms. The zero-order valence-corrected chi connectivity index (χ0v) is 15.0. The lowest BCUT2D eigenvalue weighted by Crippen LogP contribution is -2.00. The third-order valence-electron chi connectivity index (χ3n) is 4.13. The first kappa shape index (κ1) is 18.8. The number of ether oxygens (including phenoxy) is 1. The van der Waals surface area contributed by atoms with Gasteiger partial charge in [-0.2, -0.15) is 0 Å². The molecule has 28 heavy (non-hydrogen) atoms. The molecule has 0 heterocycles. The maximum Gasteiger partial charge on any atom is 0.318 e. The number of nitrogens with zero attached hydrogens (tertiary/aromatic N) is 2. The Balaban J connectivity index is 1.71. The molecule has 8 heteroatoms. The van der Waals surface area contributed by atoms with Gasteiger partial charge >= 0.3 is 5.69 Å². The number of rotatable bonds is 7. The summed E-state index contributed by atoms with van der Waals surface area (Å²) in [6, 6.07) is 18.3. The Morgan fingerprint density at radius 3 is 2.29 bits per heavy atom. The highest BCUT2D eigenvalue weighted by Gasteiger charge is 2.21. The van der Waals surface area contributed by atoms with Crippen LogP contribution in [0.4, 0.5) is 17.1 Å². The zero-order valence-electron chi connectivity index (χ0n) is 15.0. The van der Waals surface area contributed by atoms with E-state index in [-0.39, 0.29) is 11.4 Å². The van der Waals surface area contributed by atoms with E-state index in [9.17, 15) is 20.2 Å². The van der Waals surface area contributed by atoms with Gasteiger partial charge in [-0.05, 0) is 42.3 Å². The minimum atomic E-state index is -0.706. The molecule has 1 N–H and O–H groups in total. The molecule has 8 nitrogen and oxygen atoms in total.